The second-order valence-corrected chi connectivity index (χ2v) is 2.89. The Morgan fingerprint density at radius 1 is 1.36 bits per heavy atom. The van der Waals surface area contributed by atoms with E-state index in [1.165, 1.54) is 0 Å². The topological polar surface area (TPSA) is 35.2 Å². The van der Waals surface area contributed by atoms with E-state index in [4.69, 9.17) is 29.1 Å². The van der Waals surface area contributed by atoms with Crippen LogP contribution in [0.25, 0.3) is 0 Å². The van der Waals surface area contributed by atoms with Gasteiger partial charge in [0.2, 0.25) is 0 Å². The molecule has 0 spiro atoms. The predicted molar refractivity (Wildman–Crippen MR) is 45.4 cm³/mol. The van der Waals surface area contributed by atoms with E-state index < -0.39 is 0 Å². The van der Waals surface area contributed by atoms with E-state index in [-0.39, 0.29) is 6.61 Å². The van der Waals surface area contributed by atoms with Crippen molar-refractivity contribution in [3.8, 4) is 0 Å². The van der Waals surface area contributed by atoms with Gasteiger partial charge in [-0.15, -0.1) is 0 Å². The fourth-order valence-electron chi connectivity index (χ4n) is 0.744. The number of halogens is 2. The van der Waals surface area contributed by atoms with Crippen LogP contribution in [0.15, 0.2) is 18.2 Å². The number of hydrogen-bond donors (Lipinski definition) is 1. The smallest absolute Gasteiger partial charge is 0.0944 e. The summed E-state index contributed by atoms with van der Waals surface area (Å²) < 4.78 is 0. The molecule has 2 nitrogen and oxygen atoms in total. The first-order valence-electron chi connectivity index (χ1n) is 2.99. The molecule has 0 aliphatic carbocycles. The third-order valence-corrected chi connectivity index (χ3v) is 1.85. The summed E-state index contributed by atoms with van der Waals surface area (Å²) in [5.41, 5.74) is 0.793. The fraction of sp³-hybridized carbons (Fsp3) is 0.143. The van der Waals surface area contributed by atoms with Gasteiger partial charge in [0.1, 0.15) is 0 Å². The van der Waals surface area contributed by atoms with Gasteiger partial charge in [-0.3, -0.25) is 4.84 Å². The SMILES string of the molecule is NOCc1cc(Cl)ccc1Cl. The maximum absolute atomic E-state index is 5.78. The highest BCUT2D eigenvalue weighted by molar-refractivity contribution is 6.33. The Labute approximate surface area is 74.8 Å². The highest BCUT2D eigenvalue weighted by Crippen LogP contribution is 2.20. The van der Waals surface area contributed by atoms with Gasteiger partial charge in [-0.1, -0.05) is 23.2 Å². The van der Waals surface area contributed by atoms with E-state index in [2.05, 4.69) is 4.84 Å². The molecule has 0 atom stereocenters. The molecular weight excluding hydrogens is 185 g/mol. The minimum atomic E-state index is 0.277. The van der Waals surface area contributed by atoms with Crippen molar-refractivity contribution >= 4 is 23.2 Å². The van der Waals surface area contributed by atoms with E-state index >= 15 is 0 Å². The number of rotatable bonds is 2. The lowest BCUT2D eigenvalue weighted by Crippen LogP contribution is -1.99. The molecule has 2 N–H and O–H groups in total. The lowest BCUT2D eigenvalue weighted by molar-refractivity contribution is 0.124. The molecule has 1 rings (SSSR count). The van der Waals surface area contributed by atoms with Crippen molar-refractivity contribution < 1.29 is 4.84 Å². The first-order valence-corrected chi connectivity index (χ1v) is 3.75. The monoisotopic (exact) mass is 191 g/mol. The Bertz CT molecular complexity index is 252. The number of nitrogens with two attached hydrogens (primary N) is 1. The minimum Gasteiger partial charge on any atom is -0.300 e. The lowest BCUT2D eigenvalue weighted by Gasteiger charge is -2.01. The molecule has 4 heteroatoms. The van der Waals surface area contributed by atoms with Crippen LogP contribution in [-0.4, -0.2) is 0 Å². The summed E-state index contributed by atoms with van der Waals surface area (Å²) in [5.74, 6) is 4.88. The number of hydrogen-bond acceptors (Lipinski definition) is 2. The standard InChI is InChI=1S/C7H7Cl2NO/c8-6-1-2-7(9)5(3-6)4-11-10/h1-3H,4,10H2. The van der Waals surface area contributed by atoms with Crippen molar-refractivity contribution in [3.63, 3.8) is 0 Å². The third-order valence-electron chi connectivity index (χ3n) is 1.25. The molecule has 11 heavy (non-hydrogen) atoms. The molecule has 0 aliphatic heterocycles. The van der Waals surface area contributed by atoms with E-state index in [0.717, 1.165) is 5.56 Å². The van der Waals surface area contributed by atoms with E-state index in [1.807, 2.05) is 0 Å². The molecular formula is C7H7Cl2NO. The summed E-state index contributed by atoms with van der Waals surface area (Å²) in [4.78, 5) is 4.42. The average molecular weight is 192 g/mol. The predicted octanol–water partition coefficient (Wildman–Crippen LogP) is 2.38. The molecule has 1 aromatic rings. The van der Waals surface area contributed by atoms with Crippen LogP contribution >= 0.6 is 23.2 Å². The van der Waals surface area contributed by atoms with Gasteiger partial charge in [-0.25, -0.2) is 5.90 Å². The van der Waals surface area contributed by atoms with Gasteiger partial charge in [-0.05, 0) is 23.8 Å². The highest BCUT2D eigenvalue weighted by Gasteiger charge is 1.99. The van der Waals surface area contributed by atoms with Gasteiger partial charge in [-0.2, -0.15) is 0 Å². The average Bonchev–Trinajstić information content (AvgIpc) is 1.98. The quantitative estimate of drug-likeness (QED) is 0.730. The van der Waals surface area contributed by atoms with Crippen molar-refractivity contribution in [2.24, 2.45) is 5.90 Å². The zero-order chi connectivity index (χ0) is 8.27. The number of benzene rings is 1. The molecule has 0 heterocycles. The zero-order valence-corrected chi connectivity index (χ0v) is 7.19. The van der Waals surface area contributed by atoms with E-state index in [0.29, 0.717) is 10.0 Å². The van der Waals surface area contributed by atoms with Crippen molar-refractivity contribution in [3.05, 3.63) is 33.8 Å². The minimum absolute atomic E-state index is 0.277. The van der Waals surface area contributed by atoms with Crippen molar-refractivity contribution in [2.45, 2.75) is 6.61 Å². The van der Waals surface area contributed by atoms with Crippen molar-refractivity contribution in [2.75, 3.05) is 0 Å². The molecule has 0 amide bonds. The summed E-state index contributed by atoms with van der Waals surface area (Å²) in [7, 11) is 0. The van der Waals surface area contributed by atoms with Gasteiger partial charge < -0.3 is 0 Å². The molecule has 0 bridgehead atoms. The third kappa shape index (κ3) is 2.34. The first-order chi connectivity index (χ1) is 5.24. The lowest BCUT2D eigenvalue weighted by atomic mass is 10.2. The van der Waals surface area contributed by atoms with Crippen LogP contribution in [0.5, 0.6) is 0 Å². The normalized spacial score (nSPS) is 10.1. The van der Waals surface area contributed by atoms with Crippen LogP contribution in [0, 0.1) is 0 Å². The first kappa shape index (κ1) is 8.81. The Hall–Kier alpha value is -0.280. The largest absolute Gasteiger partial charge is 0.300 e. The van der Waals surface area contributed by atoms with Crippen LogP contribution in [0.4, 0.5) is 0 Å². The maximum Gasteiger partial charge on any atom is 0.0944 e. The van der Waals surface area contributed by atoms with Gasteiger partial charge in [0.15, 0.2) is 0 Å². The summed E-state index contributed by atoms with van der Waals surface area (Å²) in [5, 5.41) is 1.24. The summed E-state index contributed by atoms with van der Waals surface area (Å²) in [6.07, 6.45) is 0. The van der Waals surface area contributed by atoms with Crippen LogP contribution in [-0.2, 0) is 11.4 Å². The van der Waals surface area contributed by atoms with Gasteiger partial charge >= 0.3 is 0 Å². The molecule has 0 unspecified atom stereocenters. The van der Waals surface area contributed by atoms with E-state index in [1.54, 1.807) is 18.2 Å². The second-order valence-electron chi connectivity index (χ2n) is 2.05. The van der Waals surface area contributed by atoms with Crippen LogP contribution in [0.3, 0.4) is 0 Å². The van der Waals surface area contributed by atoms with Crippen LogP contribution in [0.2, 0.25) is 10.0 Å². The maximum atomic E-state index is 5.78. The van der Waals surface area contributed by atoms with Gasteiger partial charge in [0, 0.05) is 10.0 Å². The Morgan fingerprint density at radius 2 is 2.09 bits per heavy atom. The van der Waals surface area contributed by atoms with Crippen molar-refractivity contribution in [1.82, 2.24) is 0 Å². The fourth-order valence-corrected chi connectivity index (χ4v) is 1.11. The van der Waals surface area contributed by atoms with Gasteiger partial charge in [0.05, 0.1) is 6.61 Å². The van der Waals surface area contributed by atoms with Gasteiger partial charge in [0.25, 0.3) is 0 Å². The highest BCUT2D eigenvalue weighted by atomic mass is 35.5. The molecule has 0 aromatic heterocycles. The zero-order valence-electron chi connectivity index (χ0n) is 5.68. The summed E-state index contributed by atoms with van der Waals surface area (Å²) in [6.45, 7) is 0.277. The molecule has 0 saturated carbocycles. The second kappa shape index (κ2) is 3.93. The molecule has 1 aromatic carbocycles. The Morgan fingerprint density at radius 3 is 2.73 bits per heavy atom. The van der Waals surface area contributed by atoms with E-state index in [9.17, 15) is 0 Å². The molecule has 0 aliphatic rings. The summed E-state index contributed by atoms with van der Waals surface area (Å²) >= 11 is 11.5. The van der Waals surface area contributed by atoms with Crippen LogP contribution in [0.1, 0.15) is 5.56 Å². The molecule has 0 saturated heterocycles. The molecule has 0 radical (unpaired) electrons. The van der Waals surface area contributed by atoms with Crippen molar-refractivity contribution in [1.29, 1.82) is 0 Å². The molecule has 60 valence electrons. The van der Waals surface area contributed by atoms with Crippen LogP contribution < -0.4 is 5.90 Å². The molecule has 0 fully saturated rings. The summed E-state index contributed by atoms with van der Waals surface area (Å²) in [6, 6.07) is 5.14. The Balaban J connectivity index is 2.93. The Kier molecular flexibility index (Phi) is 3.15.